The average molecular weight is 199 g/mol. The van der Waals surface area contributed by atoms with Crippen molar-refractivity contribution >= 4 is 7.37 Å². The molecule has 0 spiro atoms. The third-order valence-electron chi connectivity index (χ3n) is 2.16. The first-order chi connectivity index (χ1) is 5.83. The minimum absolute atomic E-state index is 0.399. The Bertz CT molecular complexity index is 298. The molecule has 0 fully saturated rings. The zero-order chi connectivity index (χ0) is 10.1. The van der Waals surface area contributed by atoms with Crippen molar-refractivity contribution in [1.29, 1.82) is 0 Å². The molecule has 73 valence electrons. The highest BCUT2D eigenvalue weighted by atomic mass is 31.2. The van der Waals surface area contributed by atoms with Gasteiger partial charge in [-0.25, -0.2) is 0 Å². The summed E-state index contributed by atoms with van der Waals surface area (Å²) < 4.78 is 17.1. The molecule has 0 aliphatic heterocycles. The van der Waals surface area contributed by atoms with Crippen LogP contribution in [0.3, 0.4) is 0 Å². The van der Waals surface area contributed by atoms with Crippen LogP contribution < -0.4 is 0 Å². The maximum absolute atomic E-state index is 11.5. The highest BCUT2D eigenvalue weighted by molar-refractivity contribution is 7.57. The standard InChI is InChI=1S/C10H16O2P/c1-9-7-5-6-8-10(9,2)12-13(3,4)11/h6-7H,8H2,1-4H3. The molecule has 0 saturated heterocycles. The molecule has 1 rings (SSSR count). The zero-order valence-electron chi connectivity index (χ0n) is 8.63. The van der Waals surface area contributed by atoms with E-state index in [-0.39, 0.29) is 0 Å². The van der Waals surface area contributed by atoms with Gasteiger partial charge in [-0.2, -0.15) is 0 Å². The van der Waals surface area contributed by atoms with E-state index in [4.69, 9.17) is 4.52 Å². The second-order valence-electron chi connectivity index (χ2n) is 3.98. The topological polar surface area (TPSA) is 26.3 Å². The van der Waals surface area contributed by atoms with Crippen molar-refractivity contribution in [3.63, 3.8) is 0 Å². The molecule has 0 heterocycles. The molecular weight excluding hydrogens is 183 g/mol. The molecule has 2 nitrogen and oxygen atoms in total. The first-order valence-corrected chi connectivity index (χ1v) is 6.86. The number of hydrogen-bond donors (Lipinski definition) is 0. The SMILES string of the molecule is CC1=C[C]=CCC1(C)OP(C)(C)=O. The third-order valence-corrected chi connectivity index (χ3v) is 3.01. The highest BCUT2D eigenvalue weighted by Crippen LogP contribution is 2.46. The van der Waals surface area contributed by atoms with Crippen LogP contribution in [-0.2, 0) is 9.09 Å². The van der Waals surface area contributed by atoms with Crippen LogP contribution in [0.5, 0.6) is 0 Å². The van der Waals surface area contributed by atoms with Gasteiger partial charge in [0.2, 0.25) is 0 Å². The van der Waals surface area contributed by atoms with Crippen molar-refractivity contribution in [3.05, 3.63) is 23.8 Å². The van der Waals surface area contributed by atoms with Gasteiger partial charge in [0.25, 0.3) is 0 Å². The second-order valence-corrected chi connectivity index (χ2v) is 6.66. The molecule has 13 heavy (non-hydrogen) atoms. The molecule has 1 unspecified atom stereocenters. The lowest BCUT2D eigenvalue weighted by Crippen LogP contribution is -2.29. The van der Waals surface area contributed by atoms with E-state index in [0.717, 1.165) is 12.0 Å². The summed E-state index contributed by atoms with van der Waals surface area (Å²) in [4.78, 5) is 0. The number of allylic oxidation sites excluding steroid dienone is 2. The summed E-state index contributed by atoms with van der Waals surface area (Å²) in [6.07, 6.45) is 7.58. The predicted molar refractivity (Wildman–Crippen MR) is 55.1 cm³/mol. The maximum Gasteiger partial charge on any atom is 0.198 e. The van der Waals surface area contributed by atoms with Gasteiger partial charge < -0.3 is 4.52 Å². The van der Waals surface area contributed by atoms with Crippen LogP contribution >= 0.6 is 7.37 Å². The number of rotatable bonds is 2. The Morgan fingerprint density at radius 1 is 1.62 bits per heavy atom. The van der Waals surface area contributed by atoms with Gasteiger partial charge in [-0.15, -0.1) is 0 Å². The summed E-state index contributed by atoms with van der Waals surface area (Å²) >= 11 is 0. The van der Waals surface area contributed by atoms with Crippen LogP contribution in [0.2, 0.25) is 0 Å². The van der Waals surface area contributed by atoms with Gasteiger partial charge in [0, 0.05) is 13.3 Å². The number of hydrogen-bond acceptors (Lipinski definition) is 2. The van der Waals surface area contributed by atoms with E-state index < -0.39 is 13.0 Å². The van der Waals surface area contributed by atoms with Crippen molar-refractivity contribution in [2.24, 2.45) is 0 Å². The summed E-state index contributed by atoms with van der Waals surface area (Å²) in [6.45, 7) is 7.24. The fourth-order valence-corrected chi connectivity index (χ4v) is 2.53. The van der Waals surface area contributed by atoms with Crippen LogP contribution in [0, 0.1) is 6.08 Å². The molecule has 0 N–H and O–H groups in total. The Morgan fingerprint density at radius 3 is 2.69 bits per heavy atom. The van der Waals surface area contributed by atoms with E-state index in [9.17, 15) is 4.57 Å². The molecule has 1 atom stereocenters. The van der Waals surface area contributed by atoms with E-state index in [2.05, 4.69) is 6.08 Å². The van der Waals surface area contributed by atoms with Gasteiger partial charge in [-0.05, 0) is 31.9 Å². The minimum atomic E-state index is -2.43. The van der Waals surface area contributed by atoms with E-state index in [1.54, 1.807) is 13.3 Å². The van der Waals surface area contributed by atoms with E-state index in [1.165, 1.54) is 0 Å². The van der Waals surface area contributed by atoms with Crippen LogP contribution in [0.4, 0.5) is 0 Å². The summed E-state index contributed by atoms with van der Waals surface area (Å²) in [5.74, 6) is 0. The predicted octanol–water partition coefficient (Wildman–Crippen LogP) is 3.01. The molecule has 1 aliphatic rings. The van der Waals surface area contributed by atoms with Crippen molar-refractivity contribution in [2.75, 3.05) is 13.3 Å². The molecular formula is C10H16O2P. The Hall–Kier alpha value is -0.330. The molecule has 0 saturated carbocycles. The maximum atomic E-state index is 11.5. The second kappa shape index (κ2) is 3.43. The van der Waals surface area contributed by atoms with Crippen LogP contribution in [0.1, 0.15) is 20.3 Å². The Kier molecular flexibility index (Phi) is 2.84. The quantitative estimate of drug-likeness (QED) is 0.639. The lowest BCUT2D eigenvalue weighted by atomic mass is 9.90. The monoisotopic (exact) mass is 199 g/mol. The summed E-state index contributed by atoms with van der Waals surface area (Å²) in [5.41, 5.74) is 0.684. The average Bonchev–Trinajstić information content (AvgIpc) is 1.92. The molecule has 0 bridgehead atoms. The molecule has 0 aromatic rings. The minimum Gasteiger partial charge on any atom is -0.318 e. The van der Waals surface area contributed by atoms with Crippen molar-refractivity contribution in [1.82, 2.24) is 0 Å². The third kappa shape index (κ3) is 2.82. The molecule has 0 amide bonds. The first kappa shape index (κ1) is 10.7. The van der Waals surface area contributed by atoms with Gasteiger partial charge in [0.1, 0.15) is 0 Å². The summed E-state index contributed by atoms with van der Waals surface area (Å²) in [7, 11) is -2.43. The summed E-state index contributed by atoms with van der Waals surface area (Å²) in [6, 6.07) is 0. The lowest BCUT2D eigenvalue weighted by Gasteiger charge is -2.33. The largest absolute Gasteiger partial charge is 0.318 e. The Morgan fingerprint density at radius 2 is 2.23 bits per heavy atom. The smallest absolute Gasteiger partial charge is 0.198 e. The first-order valence-electron chi connectivity index (χ1n) is 4.34. The van der Waals surface area contributed by atoms with Gasteiger partial charge in [0.15, 0.2) is 7.37 Å². The molecule has 1 radical (unpaired) electrons. The van der Waals surface area contributed by atoms with Crippen molar-refractivity contribution in [3.8, 4) is 0 Å². The molecule has 3 heteroatoms. The summed E-state index contributed by atoms with van der Waals surface area (Å²) in [5, 5.41) is 0. The Labute approximate surface area is 80.1 Å². The fraction of sp³-hybridized carbons (Fsp3) is 0.600. The van der Waals surface area contributed by atoms with Gasteiger partial charge in [-0.1, -0.05) is 12.2 Å². The molecule has 0 aromatic heterocycles. The molecule has 0 aromatic carbocycles. The van der Waals surface area contributed by atoms with Gasteiger partial charge in [0.05, 0.1) is 5.60 Å². The zero-order valence-corrected chi connectivity index (χ0v) is 9.52. The Balaban J connectivity index is 2.84. The highest BCUT2D eigenvalue weighted by Gasteiger charge is 2.31. The lowest BCUT2D eigenvalue weighted by molar-refractivity contribution is 0.136. The van der Waals surface area contributed by atoms with Crippen molar-refractivity contribution < 1.29 is 9.09 Å². The van der Waals surface area contributed by atoms with Gasteiger partial charge >= 0.3 is 0 Å². The van der Waals surface area contributed by atoms with Crippen LogP contribution in [0.15, 0.2) is 17.7 Å². The van der Waals surface area contributed by atoms with E-state index >= 15 is 0 Å². The van der Waals surface area contributed by atoms with E-state index in [1.807, 2.05) is 26.0 Å². The normalized spacial score (nSPS) is 28.8. The fourth-order valence-electron chi connectivity index (χ4n) is 1.35. The van der Waals surface area contributed by atoms with Gasteiger partial charge in [-0.3, -0.25) is 4.57 Å². The van der Waals surface area contributed by atoms with E-state index in [0.29, 0.717) is 0 Å². The van der Waals surface area contributed by atoms with Crippen LogP contribution in [-0.4, -0.2) is 18.9 Å². The molecule has 1 aliphatic carbocycles. The van der Waals surface area contributed by atoms with Crippen LogP contribution in [0.25, 0.3) is 0 Å². The van der Waals surface area contributed by atoms with Crippen molar-refractivity contribution in [2.45, 2.75) is 25.9 Å².